The van der Waals surface area contributed by atoms with Crippen LogP contribution in [0.1, 0.15) is 44.7 Å². The lowest BCUT2D eigenvalue weighted by atomic mass is 9.84. The quantitative estimate of drug-likeness (QED) is 0.254. The Hall–Kier alpha value is -3.39. The monoisotopic (exact) mass is 604 g/mol. The Bertz CT molecular complexity index is 1390. The normalized spacial score (nSPS) is 28.0. The molecule has 0 spiro atoms. The summed E-state index contributed by atoms with van der Waals surface area (Å²) in [7, 11) is 0. The second kappa shape index (κ2) is 15.4. The molecule has 0 radical (unpaired) electrons. The van der Waals surface area contributed by atoms with Gasteiger partial charge in [0.25, 0.3) is 0 Å². The van der Waals surface area contributed by atoms with Crippen LogP contribution in [0.2, 0.25) is 0 Å². The zero-order valence-corrected chi connectivity index (χ0v) is 24.9. The van der Waals surface area contributed by atoms with Crippen LogP contribution in [0.25, 0.3) is 11.0 Å². The molecule has 1 fully saturated rings. The smallest absolute Gasteiger partial charge is 0.306 e. The molecule has 12 heteroatoms. The Labute approximate surface area is 249 Å². The molecule has 2 aliphatic rings. The van der Waals surface area contributed by atoms with Gasteiger partial charge in [0.15, 0.2) is 17.5 Å². The molecule has 43 heavy (non-hydrogen) atoms. The van der Waals surface area contributed by atoms with Gasteiger partial charge in [0.1, 0.15) is 30.0 Å². The maximum atomic E-state index is 12.2. The second-order valence-electron chi connectivity index (χ2n) is 10.4. The van der Waals surface area contributed by atoms with Gasteiger partial charge in [-0.1, -0.05) is 19.1 Å². The molecule has 236 valence electrons. The van der Waals surface area contributed by atoms with Crippen LogP contribution in [0.4, 0.5) is 0 Å². The number of esters is 1. The number of fused-ring (bicyclic) bond motifs is 1. The van der Waals surface area contributed by atoms with Gasteiger partial charge in [-0.15, -0.1) is 0 Å². The van der Waals surface area contributed by atoms with Crippen LogP contribution >= 0.6 is 0 Å². The van der Waals surface area contributed by atoms with E-state index >= 15 is 0 Å². The van der Waals surface area contributed by atoms with Gasteiger partial charge in [0.2, 0.25) is 6.29 Å². The minimum Gasteiger partial charge on any atom is -0.468 e. The molecule has 2 aromatic rings. The average molecular weight is 605 g/mol. The summed E-state index contributed by atoms with van der Waals surface area (Å²) in [6.07, 6.45) is -3.58. The molecule has 5 unspecified atom stereocenters. The van der Waals surface area contributed by atoms with Crippen LogP contribution in [0.15, 0.2) is 57.2 Å². The zero-order chi connectivity index (χ0) is 31.8. The number of benzene rings is 1. The van der Waals surface area contributed by atoms with Crippen LogP contribution in [0.5, 0.6) is 0 Å². The summed E-state index contributed by atoms with van der Waals surface area (Å²) in [5.41, 5.74) is 3.17. The third kappa shape index (κ3) is 8.17. The van der Waals surface area contributed by atoms with Crippen LogP contribution in [0.3, 0.4) is 0 Å². The predicted molar refractivity (Wildman–Crippen MR) is 154 cm³/mol. The molecule has 12 nitrogen and oxygen atoms in total. The molecule has 4 N–H and O–H groups in total. The first kappa shape index (κ1) is 34.1. The predicted octanol–water partition coefficient (Wildman–Crippen LogP) is 1.95. The first-order chi connectivity index (χ1) is 20.4. The fourth-order valence-corrected chi connectivity index (χ4v) is 4.72. The summed E-state index contributed by atoms with van der Waals surface area (Å²) < 4.78 is 27.0. The van der Waals surface area contributed by atoms with E-state index in [2.05, 4.69) is 0 Å². The Morgan fingerprint density at radius 2 is 1.81 bits per heavy atom. The van der Waals surface area contributed by atoms with Crippen LogP contribution in [-0.4, -0.2) is 82.4 Å². The van der Waals surface area contributed by atoms with Gasteiger partial charge in [-0.25, -0.2) is 0 Å². The molecule has 3 heterocycles. The van der Waals surface area contributed by atoms with E-state index in [1.165, 1.54) is 19.4 Å². The molecule has 7 atom stereocenters. The summed E-state index contributed by atoms with van der Waals surface area (Å²) in [6.45, 7) is 8.28. The first-order valence-corrected chi connectivity index (χ1v) is 14.1. The van der Waals surface area contributed by atoms with Crippen molar-refractivity contribution >= 4 is 22.7 Å². The molecule has 1 saturated heterocycles. The Balaban J connectivity index is 0.000000321. The van der Waals surface area contributed by atoms with Crippen molar-refractivity contribution in [3.05, 3.63) is 69.3 Å². The number of aliphatic hydroxyl groups excluding tert-OH is 4. The molecular formula is C31H40O12. The Morgan fingerprint density at radius 1 is 1.09 bits per heavy atom. The number of Topliss-reactive ketones (excluding diaryl/α,β-unsaturated/α-hetero) is 1. The zero-order valence-electron chi connectivity index (χ0n) is 24.9. The lowest BCUT2D eigenvalue weighted by molar-refractivity contribution is -0.327. The number of ketones is 1. The number of carbonyl (C=O) groups excluding carboxylic acids is 2. The van der Waals surface area contributed by atoms with Gasteiger partial charge < -0.3 is 43.8 Å². The molecule has 0 bridgehead atoms. The van der Waals surface area contributed by atoms with E-state index in [9.17, 15) is 34.8 Å². The summed E-state index contributed by atoms with van der Waals surface area (Å²) in [5, 5.41) is 40.0. The van der Waals surface area contributed by atoms with E-state index in [0.717, 1.165) is 5.56 Å². The van der Waals surface area contributed by atoms with Gasteiger partial charge in [0, 0.05) is 22.6 Å². The van der Waals surface area contributed by atoms with Gasteiger partial charge in [0.05, 0.1) is 37.5 Å². The van der Waals surface area contributed by atoms with E-state index in [1.54, 1.807) is 19.9 Å². The van der Waals surface area contributed by atoms with Crippen molar-refractivity contribution in [3.8, 4) is 0 Å². The topological polar surface area (TPSA) is 182 Å². The average Bonchev–Trinajstić information content (AvgIpc) is 2.98. The highest BCUT2D eigenvalue weighted by Crippen LogP contribution is 2.36. The highest BCUT2D eigenvalue weighted by molar-refractivity contribution is 5.95. The molecule has 1 aromatic carbocycles. The number of aliphatic hydroxyl groups is 4. The number of hydrogen-bond donors (Lipinski definition) is 4. The SMILES string of the molecule is C/C=C1/[C@H](OC2OC(CO)C(O)C(O)C2O)OC=C(C(C)=O)[C@H]1CC(=O)OCCC.Cc1ccc2c(=O)c(C)coc2c1. The number of allylic oxidation sites excluding steroid dienone is 2. The van der Waals surface area contributed by atoms with Crippen molar-refractivity contribution < 1.29 is 53.4 Å². The highest BCUT2D eigenvalue weighted by Gasteiger charge is 2.46. The second-order valence-corrected chi connectivity index (χ2v) is 10.4. The third-order valence-corrected chi connectivity index (χ3v) is 7.16. The molecule has 0 aliphatic carbocycles. The van der Waals surface area contributed by atoms with Crippen LogP contribution in [0, 0.1) is 19.8 Å². The van der Waals surface area contributed by atoms with Crippen LogP contribution < -0.4 is 5.43 Å². The lowest BCUT2D eigenvalue weighted by Gasteiger charge is -2.42. The molecule has 4 rings (SSSR count). The molecule has 0 amide bonds. The van der Waals surface area contributed by atoms with Crippen molar-refractivity contribution in [1.29, 1.82) is 0 Å². The van der Waals surface area contributed by atoms with Crippen molar-refractivity contribution in [2.75, 3.05) is 13.2 Å². The van der Waals surface area contributed by atoms with E-state index in [4.69, 9.17) is 23.4 Å². The van der Waals surface area contributed by atoms with Crippen LogP contribution in [-0.2, 0) is 28.5 Å². The number of hydrogen-bond acceptors (Lipinski definition) is 12. The van der Waals surface area contributed by atoms with Gasteiger partial charge in [-0.05, 0) is 51.8 Å². The van der Waals surface area contributed by atoms with Crippen molar-refractivity contribution in [3.63, 3.8) is 0 Å². The number of aryl methyl sites for hydroxylation is 2. The number of ether oxygens (including phenoxy) is 4. The molecular weight excluding hydrogens is 564 g/mol. The number of rotatable bonds is 8. The summed E-state index contributed by atoms with van der Waals surface area (Å²) in [6, 6.07) is 5.60. The molecule has 2 aliphatic heterocycles. The van der Waals surface area contributed by atoms with E-state index in [0.29, 0.717) is 28.5 Å². The minimum absolute atomic E-state index is 0.0567. The maximum Gasteiger partial charge on any atom is 0.306 e. The van der Waals surface area contributed by atoms with Gasteiger partial charge >= 0.3 is 5.97 Å². The van der Waals surface area contributed by atoms with E-state index in [-0.39, 0.29) is 29.8 Å². The summed E-state index contributed by atoms with van der Waals surface area (Å²) in [4.78, 5) is 35.8. The lowest BCUT2D eigenvalue weighted by Crippen LogP contribution is -2.60. The first-order valence-electron chi connectivity index (χ1n) is 14.1. The standard InChI is InChI=1S/C20H30O10.C11H10O2/c1-4-6-27-15(23)7-12-11(5-2)19(28-9-13(12)10(3)22)30-20-18(26)17(25)16(24)14(8-21)29-20;1-7-3-4-9-10(5-7)13-6-8(2)11(9)12/h5,9,12,14,16-21,24-26H,4,6-8H2,1-3H3;3-6H,1-2H3/b11-5+;/t12-,14?,16?,17?,18?,19-,20?;/m0./s1. The van der Waals surface area contributed by atoms with Crippen molar-refractivity contribution in [2.45, 2.75) is 84.5 Å². The molecule has 1 aromatic heterocycles. The Kier molecular flexibility index (Phi) is 12.2. The van der Waals surface area contributed by atoms with Gasteiger partial charge in [-0.3, -0.25) is 14.4 Å². The highest BCUT2D eigenvalue weighted by atomic mass is 16.8. The Morgan fingerprint density at radius 3 is 2.44 bits per heavy atom. The van der Waals surface area contributed by atoms with E-state index < -0.39 is 55.5 Å². The van der Waals surface area contributed by atoms with Gasteiger partial charge in [-0.2, -0.15) is 0 Å². The molecule has 0 saturated carbocycles. The summed E-state index contributed by atoms with van der Waals surface area (Å²) in [5.74, 6) is -1.43. The largest absolute Gasteiger partial charge is 0.468 e. The number of carbonyl (C=O) groups is 2. The third-order valence-electron chi connectivity index (χ3n) is 7.16. The van der Waals surface area contributed by atoms with E-state index in [1.807, 2.05) is 32.0 Å². The van der Waals surface area contributed by atoms with Crippen molar-refractivity contribution in [1.82, 2.24) is 0 Å². The van der Waals surface area contributed by atoms with Crippen molar-refractivity contribution in [2.24, 2.45) is 5.92 Å². The fraction of sp³-hybridized carbons (Fsp3) is 0.516. The fourth-order valence-electron chi connectivity index (χ4n) is 4.72. The minimum atomic E-state index is -1.62. The summed E-state index contributed by atoms with van der Waals surface area (Å²) >= 11 is 0. The maximum absolute atomic E-state index is 12.2.